The Kier molecular flexibility index (Phi) is 5.47. The number of methoxy groups -OCH3 is 1. The molecule has 0 bridgehead atoms. The van der Waals surface area contributed by atoms with Crippen molar-refractivity contribution in [1.29, 1.82) is 0 Å². The number of likely N-dealkylation sites (tertiary alicyclic amines) is 1. The van der Waals surface area contributed by atoms with Crippen molar-refractivity contribution in [3.8, 4) is 5.88 Å². The molecule has 4 rings (SSSR count). The summed E-state index contributed by atoms with van der Waals surface area (Å²) >= 11 is 0. The fraction of sp³-hybridized carbons (Fsp3) is 0.714. The number of piperidine rings is 1. The lowest BCUT2D eigenvalue weighted by molar-refractivity contribution is -0.0273. The van der Waals surface area contributed by atoms with E-state index in [2.05, 4.69) is 28.7 Å². The molecule has 2 aromatic heterocycles. The van der Waals surface area contributed by atoms with E-state index in [4.69, 9.17) is 9.47 Å². The van der Waals surface area contributed by atoms with Crippen LogP contribution < -0.4 is 10.4 Å². The number of pyridine rings is 1. The zero-order valence-corrected chi connectivity index (χ0v) is 17.2. The number of H-pyrrole nitrogens is 1. The van der Waals surface area contributed by atoms with Crippen molar-refractivity contribution >= 4 is 11.2 Å². The van der Waals surface area contributed by atoms with Crippen molar-refractivity contribution < 1.29 is 9.47 Å². The zero-order chi connectivity index (χ0) is 19.7. The maximum atomic E-state index is 12.6. The minimum absolute atomic E-state index is 0.0716. The zero-order valence-electron chi connectivity index (χ0n) is 17.2. The Bertz CT molecular complexity index is 858. The predicted molar refractivity (Wildman–Crippen MR) is 109 cm³/mol. The molecule has 0 amide bonds. The van der Waals surface area contributed by atoms with Gasteiger partial charge in [0.1, 0.15) is 0 Å². The summed E-state index contributed by atoms with van der Waals surface area (Å²) in [6, 6.07) is 3.83. The first-order chi connectivity index (χ1) is 13.5. The van der Waals surface area contributed by atoms with Gasteiger partial charge in [-0.05, 0) is 58.4 Å². The SMILES string of the molecule is CCOC1CCC(C)(N2CCC(n3c(=O)[nH]c4ccc(OC)nc43)CC2)CC1. The van der Waals surface area contributed by atoms with Gasteiger partial charge in [-0.15, -0.1) is 0 Å². The molecule has 28 heavy (non-hydrogen) atoms. The van der Waals surface area contributed by atoms with E-state index < -0.39 is 0 Å². The van der Waals surface area contributed by atoms with E-state index >= 15 is 0 Å². The van der Waals surface area contributed by atoms with E-state index in [1.54, 1.807) is 13.2 Å². The Morgan fingerprint density at radius 3 is 2.57 bits per heavy atom. The normalized spacial score (nSPS) is 27.3. The third-order valence-electron chi connectivity index (χ3n) is 6.75. The van der Waals surface area contributed by atoms with Crippen molar-refractivity contribution in [3.05, 3.63) is 22.6 Å². The lowest BCUT2D eigenvalue weighted by Gasteiger charge is -2.48. The summed E-state index contributed by atoms with van der Waals surface area (Å²) in [5.74, 6) is 0.538. The van der Waals surface area contributed by atoms with Gasteiger partial charge in [0.05, 0.1) is 18.7 Å². The Hall–Kier alpha value is -1.86. The maximum Gasteiger partial charge on any atom is 0.327 e. The number of ether oxygens (including phenoxy) is 2. The summed E-state index contributed by atoms with van der Waals surface area (Å²) < 4.78 is 12.9. The quantitative estimate of drug-likeness (QED) is 0.852. The molecule has 0 radical (unpaired) electrons. The fourth-order valence-electron chi connectivity index (χ4n) is 5.03. The van der Waals surface area contributed by atoms with Crippen LogP contribution in [-0.4, -0.2) is 57.9 Å². The highest BCUT2D eigenvalue weighted by molar-refractivity contribution is 5.71. The van der Waals surface area contributed by atoms with Crippen molar-refractivity contribution in [2.75, 3.05) is 26.8 Å². The fourth-order valence-corrected chi connectivity index (χ4v) is 5.03. The number of hydrogen-bond donors (Lipinski definition) is 1. The molecule has 0 unspecified atom stereocenters. The monoisotopic (exact) mass is 388 g/mol. The van der Waals surface area contributed by atoms with Crippen LogP contribution >= 0.6 is 0 Å². The minimum Gasteiger partial charge on any atom is -0.481 e. The van der Waals surface area contributed by atoms with E-state index in [0.29, 0.717) is 17.6 Å². The molecule has 7 nitrogen and oxygen atoms in total. The van der Waals surface area contributed by atoms with Crippen LogP contribution in [0.3, 0.4) is 0 Å². The van der Waals surface area contributed by atoms with Crippen molar-refractivity contribution in [2.45, 2.75) is 70.1 Å². The first-order valence-corrected chi connectivity index (χ1v) is 10.6. The lowest BCUT2D eigenvalue weighted by Crippen LogP contribution is -2.53. The molecule has 0 atom stereocenters. The summed E-state index contributed by atoms with van der Waals surface area (Å²) in [6.45, 7) is 7.33. The van der Waals surface area contributed by atoms with E-state index in [0.717, 1.165) is 50.9 Å². The number of hydrogen-bond acceptors (Lipinski definition) is 5. The molecule has 1 aliphatic heterocycles. The molecule has 3 heterocycles. The molecule has 2 fully saturated rings. The van der Waals surface area contributed by atoms with Gasteiger partial charge in [-0.1, -0.05) is 0 Å². The number of imidazole rings is 1. The summed E-state index contributed by atoms with van der Waals surface area (Å²) in [5.41, 5.74) is 1.66. The molecule has 1 saturated carbocycles. The Balaban J connectivity index is 1.45. The molecular formula is C21H32N4O3. The molecule has 1 saturated heterocycles. The number of nitrogens with one attached hydrogen (secondary N) is 1. The number of rotatable bonds is 5. The summed E-state index contributed by atoms with van der Waals surface area (Å²) in [4.78, 5) is 22.7. The number of aromatic nitrogens is 3. The van der Waals surface area contributed by atoms with Gasteiger partial charge < -0.3 is 14.5 Å². The standard InChI is InChI=1S/C21H32N4O3/c1-4-28-16-7-11-21(2,12-8-16)24-13-9-15(10-14-24)25-19-17(22-20(25)26)5-6-18(23-19)27-3/h5-6,15-16H,4,7-14H2,1-3H3,(H,22,26). The van der Waals surface area contributed by atoms with E-state index in [-0.39, 0.29) is 17.3 Å². The maximum absolute atomic E-state index is 12.6. The van der Waals surface area contributed by atoms with Gasteiger partial charge in [0, 0.05) is 37.3 Å². The van der Waals surface area contributed by atoms with Gasteiger partial charge in [-0.25, -0.2) is 4.79 Å². The molecule has 154 valence electrons. The minimum atomic E-state index is -0.0716. The van der Waals surface area contributed by atoms with Crippen LogP contribution in [0.15, 0.2) is 16.9 Å². The van der Waals surface area contributed by atoms with Crippen molar-refractivity contribution in [1.82, 2.24) is 19.4 Å². The third kappa shape index (κ3) is 3.57. The van der Waals surface area contributed by atoms with Crippen molar-refractivity contribution in [2.24, 2.45) is 0 Å². The molecule has 2 aliphatic rings. The van der Waals surface area contributed by atoms with Crippen LogP contribution in [0.4, 0.5) is 0 Å². The number of aromatic amines is 1. The highest BCUT2D eigenvalue weighted by atomic mass is 16.5. The Labute approximate surface area is 166 Å². The van der Waals surface area contributed by atoms with Crippen LogP contribution in [0.2, 0.25) is 0 Å². The van der Waals surface area contributed by atoms with Crippen molar-refractivity contribution in [3.63, 3.8) is 0 Å². The molecule has 2 aromatic rings. The second-order valence-corrected chi connectivity index (χ2v) is 8.39. The first-order valence-electron chi connectivity index (χ1n) is 10.6. The molecular weight excluding hydrogens is 356 g/mol. The predicted octanol–water partition coefficient (Wildman–Crippen LogP) is 3.11. The van der Waals surface area contributed by atoms with Crippen LogP contribution in [0.5, 0.6) is 5.88 Å². The van der Waals surface area contributed by atoms with E-state index in [1.165, 1.54) is 12.8 Å². The highest BCUT2D eigenvalue weighted by Gasteiger charge is 2.38. The topological polar surface area (TPSA) is 72.4 Å². The molecule has 1 N–H and O–H groups in total. The molecule has 7 heteroatoms. The smallest absolute Gasteiger partial charge is 0.327 e. The summed E-state index contributed by atoms with van der Waals surface area (Å²) in [5, 5.41) is 0. The van der Waals surface area contributed by atoms with Gasteiger partial charge in [-0.2, -0.15) is 4.98 Å². The van der Waals surface area contributed by atoms with Crippen LogP contribution in [0, 0.1) is 0 Å². The summed E-state index contributed by atoms with van der Waals surface area (Å²) in [7, 11) is 1.60. The van der Waals surface area contributed by atoms with Gasteiger partial charge in [-0.3, -0.25) is 9.47 Å². The number of fused-ring (bicyclic) bond motifs is 1. The molecule has 0 spiro atoms. The van der Waals surface area contributed by atoms with E-state index in [1.807, 2.05) is 10.6 Å². The van der Waals surface area contributed by atoms with Gasteiger partial charge in [0.2, 0.25) is 5.88 Å². The van der Waals surface area contributed by atoms with Crippen LogP contribution in [0.25, 0.3) is 11.2 Å². The van der Waals surface area contributed by atoms with Gasteiger partial charge in [0.15, 0.2) is 5.65 Å². The first kappa shape index (κ1) is 19.5. The van der Waals surface area contributed by atoms with Crippen LogP contribution in [-0.2, 0) is 4.74 Å². The Morgan fingerprint density at radius 2 is 1.93 bits per heavy atom. The average molecular weight is 389 g/mol. The van der Waals surface area contributed by atoms with Gasteiger partial charge in [0.25, 0.3) is 0 Å². The van der Waals surface area contributed by atoms with E-state index in [9.17, 15) is 4.79 Å². The third-order valence-corrected chi connectivity index (χ3v) is 6.75. The second kappa shape index (κ2) is 7.87. The molecule has 0 aromatic carbocycles. The highest BCUT2D eigenvalue weighted by Crippen LogP contribution is 2.37. The van der Waals surface area contributed by atoms with Gasteiger partial charge >= 0.3 is 5.69 Å². The lowest BCUT2D eigenvalue weighted by atomic mass is 9.79. The largest absolute Gasteiger partial charge is 0.481 e. The second-order valence-electron chi connectivity index (χ2n) is 8.39. The number of nitrogens with zero attached hydrogens (tertiary/aromatic N) is 3. The summed E-state index contributed by atoms with van der Waals surface area (Å²) in [6.07, 6.45) is 7.04. The molecule has 1 aliphatic carbocycles. The Morgan fingerprint density at radius 1 is 1.21 bits per heavy atom. The van der Waals surface area contributed by atoms with Crippen LogP contribution in [0.1, 0.15) is 58.4 Å². The average Bonchev–Trinajstić information content (AvgIpc) is 3.05.